The summed E-state index contributed by atoms with van der Waals surface area (Å²) in [6.45, 7) is 2.61. The minimum atomic E-state index is 0.615. The summed E-state index contributed by atoms with van der Waals surface area (Å²) in [5, 5.41) is 10.9. The number of benzene rings is 2. The summed E-state index contributed by atoms with van der Waals surface area (Å²) >= 11 is 0. The molecule has 6 heteroatoms. The number of rotatable bonds is 8. The van der Waals surface area contributed by atoms with Gasteiger partial charge in [0.05, 0.1) is 18.9 Å². The van der Waals surface area contributed by atoms with Crippen LogP contribution in [-0.2, 0) is 17.9 Å². The van der Waals surface area contributed by atoms with Gasteiger partial charge in [-0.25, -0.2) is 4.68 Å². The molecule has 0 bridgehead atoms. The number of hydrogen-bond donors (Lipinski definition) is 2. The smallest absolute Gasteiger partial charge is 0.191 e. The van der Waals surface area contributed by atoms with Crippen LogP contribution in [0.5, 0.6) is 0 Å². The minimum absolute atomic E-state index is 0.615. The van der Waals surface area contributed by atoms with Gasteiger partial charge in [-0.05, 0) is 29.3 Å². The van der Waals surface area contributed by atoms with Crippen molar-refractivity contribution in [1.29, 1.82) is 0 Å². The van der Waals surface area contributed by atoms with Gasteiger partial charge >= 0.3 is 0 Å². The van der Waals surface area contributed by atoms with Gasteiger partial charge in [-0.1, -0.05) is 42.5 Å². The Labute approximate surface area is 159 Å². The summed E-state index contributed by atoms with van der Waals surface area (Å²) < 4.78 is 7.53. The van der Waals surface area contributed by atoms with E-state index >= 15 is 0 Å². The number of hydrogen-bond acceptors (Lipinski definition) is 3. The Balaban J connectivity index is 1.40. The molecule has 27 heavy (non-hydrogen) atoms. The first-order valence-corrected chi connectivity index (χ1v) is 9.00. The highest BCUT2D eigenvalue weighted by molar-refractivity contribution is 5.79. The van der Waals surface area contributed by atoms with E-state index in [2.05, 4.69) is 45.0 Å². The maximum absolute atomic E-state index is 5.68. The number of aliphatic imine (C=N–C) groups is 1. The second kappa shape index (κ2) is 10.1. The fourth-order valence-electron chi connectivity index (χ4n) is 2.64. The van der Waals surface area contributed by atoms with Crippen LogP contribution >= 0.6 is 0 Å². The van der Waals surface area contributed by atoms with Gasteiger partial charge in [-0.2, -0.15) is 5.10 Å². The van der Waals surface area contributed by atoms with Crippen LogP contribution in [0.25, 0.3) is 5.69 Å². The third-order valence-electron chi connectivity index (χ3n) is 4.01. The van der Waals surface area contributed by atoms with Crippen LogP contribution in [0.2, 0.25) is 0 Å². The summed E-state index contributed by atoms with van der Waals surface area (Å²) in [7, 11) is 1.76. The van der Waals surface area contributed by atoms with Crippen molar-refractivity contribution in [3.05, 3.63) is 84.2 Å². The quantitative estimate of drug-likeness (QED) is 0.367. The molecule has 3 rings (SSSR count). The first-order valence-electron chi connectivity index (χ1n) is 9.00. The van der Waals surface area contributed by atoms with E-state index < -0.39 is 0 Å². The highest BCUT2D eigenvalue weighted by Gasteiger charge is 2.01. The van der Waals surface area contributed by atoms with Crippen molar-refractivity contribution in [2.24, 2.45) is 4.99 Å². The lowest BCUT2D eigenvalue weighted by Crippen LogP contribution is -2.38. The van der Waals surface area contributed by atoms with Crippen molar-refractivity contribution >= 4 is 5.96 Å². The maximum atomic E-state index is 5.68. The van der Waals surface area contributed by atoms with Crippen LogP contribution in [-0.4, -0.2) is 35.9 Å². The SMILES string of the molecule is CN=C(NCCOCc1ccccc1)NCc1cccc(-n2cccn2)c1. The summed E-state index contributed by atoms with van der Waals surface area (Å²) in [6.07, 6.45) is 3.71. The molecule has 6 nitrogen and oxygen atoms in total. The van der Waals surface area contributed by atoms with Crippen molar-refractivity contribution in [1.82, 2.24) is 20.4 Å². The Morgan fingerprint density at radius 3 is 2.67 bits per heavy atom. The molecule has 0 atom stereocenters. The van der Waals surface area contributed by atoms with E-state index in [1.54, 1.807) is 13.2 Å². The van der Waals surface area contributed by atoms with Crippen LogP contribution in [0.15, 0.2) is 78.0 Å². The van der Waals surface area contributed by atoms with Gasteiger partial charge in [-0.3, -0.25) is 4.99 Å². The molecule has 0 spiro atoms. The maximum Gasteiger partial charge on any atom is 0.191 e. The number of nitrogens with one attached hydrogen (secondary N) is 2. The Hall–Kier alpha value is -3.12. The third-order valence-corrected chi connectivity index (χ3v) is 4.01. The summed E-state index contributed by atoms with van der Waals surface area (Å²) in [4.78, 5) is 4.25. The molecule has 0 aliphatic heterocycles. The highest BCUT2D eigenvalue weighted by Crippen LogP contribution is 2.09. The topological polar surface area (TPSA) is 63.5 Å². The Morgan fingerprint density at radius 2 is 1.89 bits per heavy atom. The van der Waals surface area contributed by atoms with Gasteiger partial charge in [0.2, 0.25) is 0 Å². The van der Waals surface area contributed by atoms with Gasteiger partial charge in [0.1, 0.15) is 0 Å². The lowest BCUT2D eigenvalue weighted by Gasteiger charge is -2.13. The molecule has 0 radical (unpaired) electrons. The molecular formula is C21H25N5O. The second-order valence-corrected chi connectivity index (χ2v) is 6.01. The molecule has 0 amide bonds. The number of aromatic nitrogens is 2. The minimum Gasteiger partial charge on any atom is -0.375 e. The standard InChI is InChI=1S/C21H25N5O/c1-22-21(23-12-14-27-17-18-7-3-2-4-8-18)24-16-19-9-5-10-20(15-19)26-13-6-11-25-26/h2-11,13,15H,12,14,16-17H2,1H3,(H2,22,23,24). The van der Waals surface area contributed by atoms with Crippen LogP contribution < -0.4 is 10.6 Å². The average molecular weight is 363 g/mol. The molecule has 0 saturated heterocycles. The number of guanidine groups is 1. The van der Waals surface area contributed by atoms with Crippen LogP contribution in [0.3, 0.4) is 0 Å². The molecular weight excluding hydrogens is 338 g/mol. The van der Waals surface area contributed by atoms with Crippen LogP contribution in [0, 0.1) is 0 Å². The number of ether oxygens (including phenoxy) is 1. The Kier molecular flexibility index (Phi) is 7.00. The molecule has 2 N–H and O–H groups in total. The largest absolute Gasteiger partial charge is 0.375 e. The zero-order valence-electron chi connectivity index (χ0n) is 15.5. The predicted molar refractivity (Wildman–Crippen MR) is 108 cm³/mol. The van der Waals surface area contributed by atoms with E-state index in [1.807, 2.05) is 47.3 Å². The fourth-order valence-corrected chi connectivity index (χ4v) is 2.64. The third kappa shape index (κ3) is 5.97. The van der Waals surface area contributed by atoms with E-state index in [-0.39, 0.29) is 0 Å². The summed E-state index contributed by atoms with van der Waals surface area (Å²) in [5.41, 5.74) is 3.37. The summed E-state index contributed by atoms with van der Waals surface area (Å²) in [6, 6.07) is 20.3. The second-order valence-electron chi connectivity index (χ2n) is 6.01. The zero-order chi connectivity index (χ0) is 18.7. The van der Waals surface area contributed by atoms with E-state index in [4.69, 9.17) is 4.74 Å². The summed E-state index contributed by atoms with van der Waals surface area (Å²) in [5.74, 6) is 0.753. The molecule has 1 aromatic heterocycles. The van der Waals surface area contributed by atoms with Crippen LogP contribution in [0.4, 0.5) is 0 Å². The molecule has 0 fully saturated rings. The molecule has 0 aliphatic rings. The zero-order valence-corrected chi connectivity index (χ0v) is 15.5. The van der Waals surface area contributed by atoms with Gasteiger partial charge in [0, 0.05) is 32.5 Å². The first kappa shape index (κ1) is 18.7. The van der Waals surface area contributed by atoms with Gasteiger partial charge < -0.3 is 15.4 Å². The predicted octanol–water partition coefficient (Wildman–Crippen LogP) is 2.75. The Bertz CT molecular complexity index is 831. The van der Waals surface area contributed by atoms with E-state index in [9.17, 15) is 0 Å². The van der Waals surface area contributed by atoms with Crippen molar-refractivity contribution in [2.45, 2.75) is 13.2 Å². The van der Waals surface area contributed by atoms with Crippen LogP contribution in [0.1, 0.15) is 11.1 Å². The normalized spacial score (nSPS) is 11.4. The lowest BCUT2D eigenvalue weighted by atomic mass is 10.2. The van der Waals surface area contributed by atoms with E-state index in [0.29, 0.717) is 26.3 Å². The van der Waals surface area contributed by atoms with Crippen molar-refractivity contribution < 1.29 is 4.74 Å². The van der Waals surface area contributed by atoms with E-state index in [1.165, 1.54) is 5.56 Å². The molecule has 0 unspecified atom stereocenters. The van der Waals surface area contributed by atoms with Gasteiger partial charge in [-0.15, -0.1) is 0 Å². The van der Waals surface area contributed by atoms with Gasteiger partial charge in [0.15, 0.2) is 5.96 Å². The Morgan fingerprint density at radius 1 is 1.04 bits per heavy atom. The monoisotopic (exact) mass is 363 g/mol. The molecule has 1 heterocycles. The van der Waals surface area contributed by atoms with E-state index in [0.717, 1.165) is 17.2 Å². The average Bonchev–Trinajstić information content (AvgIpc) is 3.26. The molecule has 3 aromatic rings. The highest BCUT2D eigenvalue weighted by atomic mass is 16.5. The molecule has 2 aromatic carbocycles. The van der Waals surface area contributed by atoms with Gasteiger partial charge in [0.25, 0.3) is 0 Å². The number of nitrogens with zero attached hydrogens (tertiary/aromatic N) is 3. The molecule has 140 valence electrons. The fraction of sp³-hybridized carbons (Fsp3) is 0.238. The lowest BCUT2D eigenvalue weighted by molar-refractivity contribution is 0.125. The molecule has 0 aliphatic carbocycles. The van der Waals surface area contributed by atoms with Crippen molar-refractivity contribution in [3.63, 3.8) is 0 Å². The molecule has 0 saturated carbocycles. The first-order chi connectivity index (χ1) is 13.3. The van der Waals surface area contributed by atoms with Crippen molar-refractivity contribution in [2.75, 3.05) is 20.2 Å². The van der Waals surface area contributed by atoms with Crippen molar-refractivity contribution in [3.8, 4) is 5.69 Å².